The summed E-state index contributed by atoms with van der Waals surface area (Å²) in [6.45, 7) is 2.23. The fourth-order valence-corrected chi connectivity index (χ4v) is 2.47. The van der Waals surface area contributed by atoms with Crippen LogP contribution in [0.5, 0.6) is 0 Å². The summed E-state index contributed by atoms with van der Waals surface area (Å²) in [7, 11) is 0. The number of hydrogen-bond acceptors (Lipinski definition) is 2. The lowest BCUT2D eigenvalue weighted by molar-refractivity contribution is 0.262. The van der Waals surface area contributed by atoms with Gasteiger partial charge in [-0.15, -0.1) is 0 Å². The van der Waals surface area contributed by atoms with E-state index in [0.29, 0.717) is 0 Å². The minimum absolute atomic E-state index is 0.159. The van der Waals surface area contributed by atoms with Crippen LogP contribution in [0.2, 0.25) is 0 Å². The molecule has 0 spiro atoms. The van der Waals surface area contributed by atoms with Crippen molar-refractivity contribution in [2.24, 2.45) is 0 Å². The standard InChI is InChI=1S/C13H14BrNO/c1-2-9(8-16)11-7-10-5-3-4-6-12(10)15-13(11)14/h3-7,9,16H,2,8H2,1H3. The highest BCUT2D eigenvalue weighted by Gasteiger charge is 2.13. The maximum atomic E-state index is 9.33. The van der Waals surface area contributed by atoms with Crippen LogP contribution in [-0.2, 0) is 0 Å². The Morgan fingerprint density at radius 3 is 2.81 bits per heavy atom. The van der Waals surface area contributed by atoms with Crippen molar-refractivity contribution in [2.75, 3.05) is 6.61 Å². The first-order valence-corrected chi connectivity index (χ1v) is 6.21. The Hall–Kier alpha value is -0.930. The van der Waals surface area contributed by atoms with Crippen molar-refractivity contribution >= 4 is 26.8 Å². The average Bonchev–Trinajstić information content (AvgIpc) is 2.31. The summed E-state index contributed by atoms with van der Waals surface area (Å²) in [6.07, 6.45) is 0.912. The molecule has 1 heterocycles. The van der Waals surface area contributed by atoms with E-state index in [2.05, 4.69) is 33.9 Å². The minimum Gasteiger partial charge on any atom is -0.396 e. The van der Waals surface area contributed by atoms with Crippen molar-refractivity contribution < 1.29 is 5.11 Å². The van der Waals surface area contributed by atoms with Crippen LogP contribution in [0, 0.1) is 0 Å². The molecule has 0 saturated heterocycles. The van der Waals surface area contributed by atoms with Gasteiger partial charge < -0.3 is 5.11 Å². The third kappa shape index (κ3) is 2.11. The molecule has 3 heteroatoms. The molecule has 0 aliphatic heterocycles. The maximum Gasteiger partial charge on any atom is 0.110 e. The van der Waals surface area contributed by atoms with Gasteiger partial charge in [-0.2, -0.15) is 0 Å². The number of aromatic nitrogens is 1. The second-order valence-corrected chi connectivity index (χ2v) is 4.60. The lowest BCUT2D eigenvalue weighted by atomic mass is 9.98. The summed E-state index contributed by atoms with van der Waals surface area (Å²) >= 11 is 3.48. The minimum atomic E-state index is 0.159. The van der Waals surface area contributed by atoms with Crippen LogP contribution in [0.1, 0.15) is 24.8 Å². The van der Waals surface area contributed by atoms with E-state index in [9.17, 15) is 5.11 Å². The van der Waals surface area contributed by atoms with Gasteiger partial charge in [0.25, 0.3) is 0 Å². The molecular weight excluding hydrogens is 266 g/mol. The molecule has 0 saturated carbocycles. The molecule has 2 nitrogen and oxygen atoms in total. The van der Waals surface area contributed by atoms with Gasteiger partial charge in [0.2, 0.25) is 0 Å². The van der Waals surface area contributed by atoms with Crippen molar-refractivity contribution in [1.29, 1.82) is 0 Å². The summed E-state index contributed by atoms with van der Waals surface area (Å²) < 4.78 is 0.840. The van der Waals surface area contributed by atoms with Crippen LogP contribution in [0.15, 0.2) is 34.9 Å². The second kappa shape index (κ2) is 4.93. The third-order valence-corrected chi connectivity index (χ3v) is 3.49. The molecular formula is C13H14BrNO. The second-order valence-electron chi connectivity index (χ2n) is 3.85. The van der Waals surface area contributed by atoms with Crippen molar-refractivity contribution in [3.63, 3.8) is 0 Å². The molecule has 1 aromatic heterocycles. The largest absolute Gasteiger partial charge is 0.396 e. The van der Waals surface area contributed by atoms with E-state index in [0.717, 1.165) is 27.5 Å². The average molecular weight is 280 g/mol. The zero-order valence-electron chi connectivity index (χ0n) is 9.15. The number of benzene rings is 1. The van der Waals surface area contributed by atoms with Crippen LogP contribution in [0.4, 0.5) is 0 Å². The third-order valence-electron chi connectivity index (χ3n) is 2.86. The van der Waals surface area contributed by atoms with Crippen molar-refractivity contribution in [3.05, 3.63) is 40.5 Å². The number of aliphatic hydroxyl groups excluding tert-OH is 1. The molecule has 84 valence electrons. The number of fused-ring (bicyclic) bond motifs is 1. The van der Waals surface area contributed by atoms with Gasteiger partial charge in [-0.25, -0.2) is 4.98 Å². The molecule has 0 bridgehead atoms. The zero-order valence-corrected chi connectivity index (χ0v) is 10.7. The predicted octanol–water partition coefficient (Wildman–Crippen LogP) is 3.48. The first kappa shape index (κ1) is 11.6. The highest BCUT2D eigenvalue weighted by atomic mass is 79.9. The number of pyridine rings is 1. The van der Waals surface area contributed by atoms with Crippen LogP contribution >= 0.6 is 15.9 Å². The number of hydrogen-bond donors (Lipinski definition) is 1. The smallest absolute Gasteiger partial charge is 0.110 e. The molecule has 0 fully saturated rings. The molecule has 2 rings (SSSR count). The fourth-order valence-electron chi connectivity index (χ4n) is 1.84. The summed E-state index contributed by atoms with van der Waals surface area (Å²) in [4.78, 5) is 4.50. The summed E-state index contributed by atoms with van der Waals surface area (Å²) in [5, 5.41) is 10.4. The lowest BCUT2D eigenvalue weighted by Crippen LogP contribution is -2.04. The first-order chi connectivity index (χ1) is 7.76. The van der Waals surface area contributed by atoms with E-state index >= 15 is 0 Å². The van der Waals surface area contributed by atoms with Gasteiger partial charge in [-0.1, -0.05) is 25.1 Å². The van der Waals surface area contributed by atoms with Crippen LogP contribution in [0.25, 0.3) is 10.9 Å². The molecule has 1 aromatic carbocycles. The number of nitrogens with zero attached hydrogens (tertiary/aromatic N) is 1. The van der Waals surface area contributed by atoms with E-state index in [4.69, 9.17) is 0 Å². The zero-order chi connectivity index (χ0) is 11.5. The monoisotopic (exact) mass is 279 g/mol. The normalized spacial score (nSPS) is 12.9. The Morgan fingerprint density at radius 1 is 1.38 bits per heavy atom. The van der Waals surface area contributed by atoms with E-state index in [1.807, 2.05) is 24.3 Å². The van der Waals surface area contributed by atoms with E-state index in [1.54, 1.807) is 0 Å². The molecule has 1 N–H and O–H groups in total. The van der Waals surface area contributed by atoms with E-state index in [-0.39, 0.29) is 12.5 Å². The number of aliphatic hydroxyl groups is 1. The van der Waals surface area contributed by atoms with Crippen LogP contribution in [0.3, 0.4) is 0 Å². The Kier molecular flexibility index (Phi) is 3.56. The van der Waals surface area contributed by atoms with Gasteiger partial charge in [0.15, 0.2) is 0 Å². The SMILES string of the molecule is CCC(CO)c1cc2ccccc2nc1Br. The number of para-hydroxylation sites is 1. The molecule has 1 atom stereocenters. The van der Waals surface area contributed by atoms with E-state index in [1.165, 1.54) is 0 Å². The van der Waals surface area contributed by atoms with Gasteiger partial charge in [-0.05, 0) is 40.0 Å². The summed E-state index contributed by atoms with van der Waals surface area (Å²) in [6, 6.07) is 10.1. The summed E-state index contributed by atoms with van der Waals surface area (Å²) in [5.74, 6) is 0.159. The lowest BCUT2D eigenvalue weighted by Gasteiger charge is -2.14. The predicted molar refractivity (Wildman–Crippen MR) is 69.6 cm³/mol. The van der Waals surface area contributed by atoms with Crippen molar-refractivity contribution in [2.45, 2.75) is 19.3 Å². The molecule has 0 amide bonds. The Morgan fingerprint density at radius 2 is 2.12 bits per heavy atom. The molecule has 0 aliphatic carbocycles. The topological polar surface area (TPSA) is 33.1 Å². The quantitative estimate of drug-likeness (QED) is 0.873. The highest BCUT2D eigenvalue weighted by molar-refractivity contribution is 9.10. The van der Waals surface area contributed by atoms with Gasteiger partial charge in [0, 0.05) is 11.3 Å². The highest BCUT2D eigenvalue weighted by Crippen LogP contribution is 2.28. The van der Waals surface area contributed by atoms with E-state index < -0.39 is 0 Å². The summed E-state index contributed by atoms with van der Waals surface area (Å²) in [5.41, 5.74) is 2.06. The van der Waals surface area contributed by atoms with Crippen LogP contribution in [-0.4, -0.2) is 16.7 Å². The fraction of sp³-hybridized carbons (Fsp3) is 0.308. The molecule has 1 unspecified atom stereocenters. The maximum absolute atomic E-state index is 9.33. The molecule has 2 aromatic rings. The Labute approximate surface area is 103 Å². The van der Waals surface area contributed by atoms with Gasteiger partial charge >= 0.3 is 0 Å². The number of rotatable bonds is 3. The van der Waals surface area contributed by atoms with Gasteiger partial charge in [0.1, 0.15) is 4.60 Å². The molecule has 16 heavy (non-hydrogen) atoms. The Bertz CT molecular complexity index is 494. The number of halogens is 1. The molecule has 0 radical (unpaired) electrons. The van der Waals surface area contributed by atoms with Gasteiger partial charge in [0.05, 0.1) is 12.1 Å². The first-order valence-electron chi connectivity index (χ1n) is 5.42. The van der Waals surface area contributed by atoms with Crippen LogP contribution < -0.4 is 0 Å². The molecule has 0 aliphatic rings. The van der Waals surface area contributed by atoms with Gasteiger partial charge in [-0.3, -0.25) is 0 Å². The van der Waals surface area contributed by atoms with Crippen molar-refractivity contribution in [1.82, 2.24) is 4.98 Å². The Balaban J connectivity index is 2.57. The van der Waals surface area contributed by atoms with Crippen molar-refractivity contribution in [3.8, 4) is 0 Å².